The van der Waals surface area contributed by atoms with Crippen LogP contribution in [0.1, 0.15) is 0 Å². The number of nitrogens with zero attached hydrogens (tertiary/aromatic N) is 2. The molecule has 2 saturated heterocycles. The van der Waals surface area contributed by atoms with Crippen molar-refractivity contribution in [3.63, 3.8) is 0 Å². The second-order valence-electron chi connectivity index (χ2n) is 5.73. The highest BCUT2D eigenvalue weighted by Crippen LogP contribution is 2.20. The van der Waals surface area contributed by atoms with Crippen LogP contribution in [-0.4, -0.2) is 61.8 Å². The maximum absolute atomic E-state index is 12.5. The lowest BCUT2D eigenvalue weighted by Crippen LogP contribution is -2.47. The highest BCUT2D eigenvalue weighted by Gasteiger charge is 2.34. The number of para-hydroxylation sites is 1. The van der Waals surface area contributed by atoms with Crippen molar-refractivity contribution >= 4 is 11.7 Å². The first kappa shape index (κ1) is 13.4. The average molecular weight is 275 g/mol. The zero-order valence-electron chi connectivity index (χ0n) is 11.8. The Morgan fingerprint density at radius 1 is 1.20 bits per heavy atom. The van der Waals surface area contributed by atoms with Crippen molar-refractivity contribution in [3.05, 3.63) is 30.3 Å². The Kier molecular flexibility index (Phi) is 3.89. The molecule has 2 heterocycles. The minimum atomic E-state index is -0.0213. The van der Waals surface area contributed by atoms with Gasteiger partial charge in [-0.2, -0.15) is 0 Å². The summed E-state index contributed by atoms with van der Waals surface area (Å²) >= 11 is 0. The second-order valence-corrected chi connectivity index (χ2v) is 5.73. The summed E-state index contributed by atoms with van der Waals surface area (Å²) in [5.41, 5.74) is 0.838. The molecule has 2 amide bonds. The predicted octanol–water partition coefficient (Wildman–Crippen LogP) is 1.48. The molecule has 108 valence electrons. The van der Waals surface area contributed by atoms with E-state index in [9.17, 15) is 4.79 Å². The Hall–Kier alpha value is -1.59. The molecule has 2 atom stereocenters. The topological polar surface area (TPSA) is 44.8 Å². The minimum absolute atomic E-state index is 0.0213. The smallest absolute Gasteiger partial charge is 0.322 e. The molecular formula is C15H21N3O2. The van der Waals surface area contributed by atoms with E-state index in [4.69, 9.17) is 4.74 Å². The maximum atomic E-state index is 12.5. The zero-order chi connectivity index (χ0) is 13.9. The van der Waals surface area contributed by atoms with Gasteiger partial charge in [-0.25, -0.2) is 4.79 Å². The molecule has 1 aromatic carbocycles. The molecule has 3 rings (SSSR count). The Bertz CT molecular complexity index is 465. The molecule has 0 aromatic heterocycles. The van der Waals surface area contributed by atoms with Gasteiger partial charge in [0, 0.05) is 31.2 Å². The summed E-state index contributed by atoms with van der Waals surface area (Å²) in [6.07, 6.45) is 0. The molecule has 0 radical (unpaired) electrons. The average Bonchev–Trinajstić information content (AvgIpc) is 2.70. The minimum Gasteiger partial charge on any atom is -0.379 e. The monoisotopic (exact) mass is 275 g/mol. The van der Waals surface area contributed by atoms with Crippen molar-refractivity contribution in [1.82, 2.24) is 9.80 Å². The molecule has 1 aromatic rings. The molecule has 2 bridgehead atoms. The number of ether oxygens (including phenoxy) is 1. The molecule has 5 heteroatoms. The largest absolute Gasteiger partial charge is 0.379 e. The van der Waals surface area contributed by atoms with Crippen molar-refractivity contribution in [2.24, 2.45) is 5.92 Å². The summed E-state index contributed by atoms with van der Waals surface area (Å²) in [5.74, 6) is 0.397. The zero-order valence-corrected chi connectivity index (χ0v) is 11.8. The number of carbonyl (C=O) groups is 1. The van der Waals surface area contributed by atoms with Crippen LogP contribution < -0.4 is 5.32 Å². The summed E-state index contributed by atoms with van der Waals surface area (Å²) < 4.78 is 5.69. The van der Waals surface area contributed by atoms with Gasteiger partial charge in [-0.1, -0.05) is 18.2 Å². The summed E-state index contributed by atoms with van der Waals surface area (Å²) in [7, 11) is 2.12. The van der Waals surface area contributed by atoms with Gasteiger partial charge in [0.1, 0.15) is 0 Å². The van der Waals surface area contributed by atoms with Gasteiger partial charge in [-0.15, -0.1) is 0 Å². The molecule has 0 unspecified atom stereocenters. The van der Waals surface area contributed by atoms with Gasteiger partial charge in [0.05, 0.1) is 19.3 Å². The molecule has 0 spiro atoms. The number of hydrogen-bond acceptors (Lipinski definition) is 3. The predicted molar refractivity (Wildman–Crippen MR) is 77.8 cm³/mol. The third-order valence-corrected chi connectivity index (χ3v) is 3.94. The Balaban J connectivity index is 1.73. The number of benzene rings is 1. The van der Waals surface area contributed by atoms with Crippen molar-refractivity contribution in [2.75, 3.05) is 45.2 Å². The first-order chi connectivity index (χ1) is 9.72. The highest BCUT2D eigenvalue weighted by molar-refractivity contribution is 5.89. The summed E-state index contributed by atoms with van der Waals surface area (Å²) in [6, 6.07) is 9.72. The van der Waals surface area contributed by atoms with E-state index in [0.717, 1.165) is 31.9 Å². The normalized spacial score (nSPS) is 26.9. The summed E-state index contributed by atoms with van der Waals surface area (Å²) in [6.45, 7) is 4.01. The fraction of sp³-hybridized carbons (Fsp3) is 0.533. The third kappa shape index (κ3) is 2.94. The van der Waals surface area contributed by atoms with Gasteiger partial charge in [0.25, 0.3) is 0 Å². The number of hydrogen-bond donors (Lipinski definition) is 1. The summed E-state index contributed by atoms with van der Waals surface area (Å²) in [5, 5.41) is 2.98. The fourth-order valence-electron chi connectivity index (χ4n) is 3.04. The maximum Gasteiger partial charge on any atom is 0.322 e. The van der Waals surface area contributed by atoms with Crippen molar-refractivity contribution < 1.29 is 9.53 Å². The molecule has 2 aliphatic rings. The summed E-state index contributed by atoms with van der Waals surface area (Å²) in [4.78, 5) is 16.7. The van der Waals surface area contributed by atoms with Crippen molar-refractivity contribution in [3.8, 4) is 0 Å². The van der Waals surface area contributed by atoms with Crippen LogP contribution in [0.2, 0.25) is 0 Å². The van der Waals surface area contributed by atoms with Gasteiger partial charge >= 0.3 is 6.03 Å². The second kappa shape index (κ2) is 5.81. The molecule has 2 aliphatic heterocycles. The van der Waals surface area contributed by atoms with Crippen LogP contribution in [0.15, 0.2) is 30.3 Å². The lowest BCUT2D eigenvalue weighted by molar-refractivity contribution is 0.0625. The van der Waals surface area contributed by atoms with Gasteiger partial charge in [-0.3, -0.25) is 0 Å². The highest BCUT2D eigenvalue weighted by atomic mass is 16.5. The first-order valence-electron chi connectivity index (χ1n) is 7.11. The van der Waals surface area contributed by atoms with E-state index in [2.05, 4.69) is 17.3 Å². The number of rotatable bonds is 1. The molecule has 1 N–H and O–H groups in total. The number of carbonyl (C=O) groups excluding carboxylic acids is 1. The van der Waals surface area contributed by atoms with Crippen LogP contribution in [0.4, 0.5) is 10.5 Å². The third-order valence-electron chi connectivity index (χ3n) is 3.94. The Morgan fingerprint density at radius 2 is 2.00 bits per heavy atom. The van der Waals surface area contributed by atoms with Gasteiger partial charge in [0.2, 0.25) is 0 Å². The van der Waals surface area contributed by atoms with E-state index in [-0.39, 0.29) is 12.1 Å². The Morgan fingerprint density at radius 3 is 2.80 bits per heavy atom. The molecule has 2 fully saturated rings. The Labute approximate surface area is 119 Å². The number of fused-ring (bicyclic) bond motifs is 3. The number of urea groups is 1. The van der Waals surface area contributed by atoms with Crippen LogP contribution in [0, 0.1) is 5.92 Å². The number of anilines is 1. The van der Waals surface area contributed by atoms with E-state index in [1.54, 1.807) is 0 Å². The van der Waals surface area contributed by atoms with Gasteiger partial charge in [-0.05, 0) is 19.2 Å². The van der Waals surface area contributed by atoms with E-state index < -0.39 is 0 Å². The lowest BCUT2D eigenvalue weighted by atomic mass is 10.1. The van der Waals surface area contributed by atoms with Crippen LogP contribution >= 0.6 is 0 Å². The van der Waals surface area contributed by atoms with Crippen LogP contribution in [-0.2, 0) is 4.74 Å². The molecule has 0 saturated carbocycles. The van der Waals surface area contributed by atoms with E-state index >= 15 is 0 Å². The van der Waals surface area contributed by atoms with Crippen molar-refractivity contribution in [2.45, 2.75) is 6.04 Å². The van der Waals surface area contributed by atoms with E-state index in [0.29, 0.717) is 12.5 Å². The standard InChI is InChI=1S/C15H21N3O2/c1-17-7-12-8-18(14(9-17)11-20-10-12)15(19)16-13-5-3-2-4-6-13/h2-6,12,14H,7-11H2,1H3,(H,16,19)/t12-,14-/m0/s1. The molecule has 20 heavy (non-hydrogen) atoms. The molecule has 5 nitrogen and oxygen atoms in total. The van der Waals surface area contributed by atoms with E-state index in [1.165, 1.54) is 0 Å². The van der Waals surface area contributed by atoms with Crippen molar-refractivity contribution in [1.29, 1.82) is 0 Å². The molecule has 0 aliphatic carbocycles. The quantitative estimate of drug-likeness (QED) is 0.844. The van der Waals surface area contributed by atoms with Crippen LogP contribution in [0.25, 0.3) is 0 Å². The number of nitrogens with one attached hydrogen (secondary N) is 1. The van der Waals surface area contributed by atoms with Crippen LogP contribution in [0.3, 0.4) is 0 Å². The molecular weight excluding hydrogens is 254 g/mol. The first-order valence-corrected chi connectivity index (χ1v) is 7.11. The number of amides is 2. The fourth-order valence-corrected chi connectivity index (χ4v) is 3.04. The van der Waals surface area contributed by atoms with E-state index in [1.807, 2.05) is 35.2 Å². The van der Waals surface area contributed by atoms with Crippen LogP contribution in [0.5, 0.6) is 0 Å². The lowest BCUT2D eigenvalue weighted by Gasteiger charge is -2.29. The van der Waals surface area contributed by atoms with Gasteiger partial charge < -0.3 is 19.9 Å². The number of likely N-dealkylation sites (N-methyl/N-ethyl adjacent to an activating group) is 1. The SMILES string of the molecule is CN1C[C@@H]2COC[C@H](C1)N(C(=O)Nc1ccccc1)C2. The van der Waals surface area contributed by atoms with Gasteiger partial charge in [0.15, 0.2) is 0 Å².